The molecular formula is C23H37N3O3Si. The molecule has 0 spiro atoms. The van der Waals surface area contributed by atoms with Crippen LogP contribution in [0, 0.1) is 0 Å². The highest BCUT2D eigenvalue weighted by Gasteiger charge is 2.46. The van der Waals surface area contributed by atoms with Crippen LogP contribution in [0.5, 0.6) is 0 Å². The monoisotopic (exact) mass is 431 g/mol. The maximum Gasteiger partial charge on any atom is 0.410 e. The molecule has 1 aliphatic heterocycles. The van der Waals surface area contributed by atoms with E-state index in [0.29, 0.717) is 13.0 Å². The van der Waals surface area contributed by atoms with Crippen LogP contribution in [-0.4, -0.2) is 53.6 Å². The average molecular weight is 432 g/mol. The van der Waals surface area contributed by atoms with E-state index in [1.165, 1.54) is 0 Å². The van der Waals surface area contributed by atoms with Crippen molar-refractivity contribution in [3.05, 3.63) is 30.1 Å². The summed E-state index contributed by atoms with van der Waals surface area (Å²) in [7, 11) is -1.98. The van der Waals surface area contributed by atoms with Crippen LogP contribution < -0.4 is 0 Å². The van der Waals surface area contributed by atoms with Crippen LogP contribution in [0.1, 0.15) is 53.5 Å². The van der Waals surface area contributed by atoms with Crippen molar-refractivity contribution in [2.45, 2.75) is 90.3 Å². The van der Waals surface area contributed by atoms with Crippen molar-refractivity contribution in [3.63, 3.8) is 0 Å². The number of nitrogens with one attached hydrogen (secondary N) is 1. The average Bonchev–Trinajstić information content (AvgIpc) is 3.17. The first-order chi connectivity index (χ1) is 13.8. The Morgan fingerprint density at radius 3 is 2.60 bits per heavy atom. The molecule has 0 radical (unpaired) electrons. The Labute approximate surface area is 181 Å². The molecule has 0 bridgehead atoms. The van der Waals surface area contributed by atoms with Crippen molar-refractivity contribution in [2.75, 3.05) is 6.54 Å². The Hall–Kier alpha value is -1.86. The van der Waals surface area contributed by atoms with Crippen molar-refractivity contribution in [2.24, 2.45) is 0 Å². The third kappa shape index (κ3) is 4.89. The van der Waals surface area contributed by atoms with Crippen LogP contribution in [0.4, 0.5) is 4.79 Å². The lowest BCUT2D eigenvalue weighted by Gasteiger charge is -2.40. The minimum Gasteiger partial charge on any atom is -0.444 e. The first kappa shape index (κ1) is 22.8. The number of aromatic nitrogens is 2. The molecular weight excluding hydrogens is 394 g/mol. The van der Waals surface area contributed by atoms with Crippen LogP contribution in [0.15, 0.2) is 24.5 Å². The van der Waals surface area contributed by atoms with Gasteiger partial charge in [0.1, 0.15) is 11.2 Å². The van der Waals surface area contributed by atoms with E-state index in [1.807, 2.05) is 37.9 Å². The summed E-state index contributed by atoms with van der Waals surface area (Å²) < 4.78 is 12.5. The largest absolute Gasteiger partial charge is 0.444 e. The molecule has 1 fully saturated rings. The highest BCUT2D eigenvalue weighted by atomic mass is 28.4. The molecule has 1 N–H and O–H groups in total. The third-order valence-corrected chi connectivity index (χ3v) is 10.8. The topological polar surface area (TPSA) is 67.4 Å². The lowest BCUT2D eigenvalue weighted by molar-refractivity contribution is 0.0165. The van der Waals surface area contributed by atoms with E-state index in [1.54, 1.807) is 6.20 Å². The predicted molar refractivity (Wildman–Crippen MR) is 123 cm³/mol. The van der Waals surface area contributed by atoms with Gasteiger partial charge in [0.15, 0.2) is 8.32 Å². The van der Waals surface area contributed by atoms with Gasteiger partial charge in [0.25, 0.3) is 0 Å². The van der Waals surface area contributed by atoms with Gasteiger partial charge in [-0.1, -0.05) is 20.8 Å². The number of likely N-dealkylation sites (tertiary alicyclic amines) is 1. The molecule has 0 saturated carbocycles. The smallest absolute Gasteiger partial charge is 0.410 e. The lowest BCUT2D eigenvalue weighted by Crippen LogP contribution is -2.49. The second-order valence-corrected chi connectivity index (χ2v) is 15.6. The first-order valence-electron chi connectivity index (χ1n) is 10.9. The van der Waals surface area contributed by atoms with Crippen LogP contribution in [0.3, 0.4) is 0 Å². The SMILES string of the molecule is CC(C)(C)OC(=O)N1CCC(O[Si](C)(C)C(C)(C)C)C1Cc1c[nH]c2ncccc12. The van der Waals surface area contributed by atoms with Crippen LogP contribution in [0.25, 0.3) is 11.0 Å². The van der Waals surface area contributed by atoms with Gasteiger partial charge in [0.2, 0.25) is 0 Å². The summed E-state index contributed by atoms with van der Waals surface area (Å²) in [5.74, 6) is 0. The molecule has 1 amide bonds. The summed E-state index contributed by atoms with van der Waals surface area (Å²) in [5.41, 5.74) is 1.50. The van der Waals surface area contributed by atoms with Crippen molar-refractivity contribution < 1.29 is 14.0 Å². The molecule has 0 aliphatic carbocycles. The van der Waals surface area contributed by atoms with Crippen LogP contribution in [-0.2, 0) is 15.6 Å². The number of aromatic amines is 1. The number of ether oxygens (including phenoxy) is 1. The molecule has 3 rings (SSSR count). The van der Waals surface area contributed by atoms with Crippen molar-refractivity contribution in [1.82, 2.24) is 14.9 Å². The minimum atomic E-state index is -1.98. The van der Waals surface area contributed by atoms with Gasteiger partial charge in [-0.3, -0.25) is 0 Å². The third-order valence-electron chi connectivity index (χ3n) is 6.33. The van der Waals surface area contributed by atoms with E-state index in [2.05, 4.69) is 49.9 Å². The Bertz CT molecular complexity index is 895. The summed E-state index contributed by atoms with van der Waals surface area (Å²) in [5, 5.41) is 1.21. The number of fused-ring (bicyclic) bond motifs is 1. The molecule has 6 nitrogen and oxygen atoms in total. The van der Waals surface area contributed by atoms with Crippen molar-refractivity contribution in [3.8, 4) is 0 Å². The van der Waals surface area contributed by atoms with Gasteiger partial charge in [-0.25, -0.2) is 9.78 Å². The fourth-order valence-electron chi connectivity index (χ4n) is 3.71. The van der Waals surface area contributed by atoms with E-state index < -0.39 is 13.9 Å². The van der Waals surface area contributed by atoms with Gasteiger partial charge in [-0.15, -0.1) is 0 Å². The summed E-state index contributed by atoms with van der Waals surface area (Å²) in [4.78, 5) is 22.5. The Morgan fingerprint density at radius 2 is 1.97 bits per heavy atom. The van der Waals surface area contributed by atoms with E-state index in [4.69, 9.17) is 9.16 Å². The maximum absolute atomic E-state index is 13.0. The molecule has 2 aromatic heterocycles. The first-order valence-corrected chi connectivity index (χ1v) is 13.8. The van der Waals surface area contributed by atoms with Crippen molar-refractivity contribution in [1.29, 1.82) is 0 Å². The molecule has 2 unspecified atom stereocenters. The summed E-state index contributed by atoms with van der Waals surface area (Å²) in [6.45, 7) is 17.7. The normalized spacial score (nSPS) is 20.7. The number of pyridine rings is 1. The van der Waals surface area contributed by atoms with Crippen molar-refractivity contribution >= 4 is 25.4 Å². The zero-order valence-corrected chi connectivity index (χ0v) is 20.7. The molecule has 1 saturated heterocycles. The Balaban J connectivity index is 1.90. The van der Waals surface area contributed by atoms with Gasteiger partial charge < -0.3 is 19.0 Å². The van der Waals surface area contributed by atoms with Crippen LogP contribution >= 0.6 is 0 Å². The number of H-pyrrole nitrogens is 1. The van der Waals surface area contributed by atoms with Gasteiger partial charge in [-0.05, 0) is 69.4 Å². The van der Waals surface area contributed by atoms with Gasteiger partial charge in [-0.2, -0.15) is 0 Å². The molecule has 2 atom stereocenters. The number of rotatable bonds is 4. The zero-order chi connectivity index (χ0) is 22.3. The van der Waals surface area contributed by atoms with Crippen LogP contribution in [0.2, 0.25) is 18.1 Å². The lowest BCUT2D eigenvalue weighted by atomic mass is 10.0. The van der Waals surface area contributed by atoms with E-state index >= 15 is 0 Å². The number of hydrogen-bond acceptors (Lipinski definition) is 4. The molecule has 30 heavy (non-hydrogen) atoms. The van der Waals surface area contributed by atoms with E-state index in [9.17, 15) is 4.79 Å². The minimum absolute atomic E-state index is 0.0000291. The summed E-state index contributed by atoms with van der Waals surface area (Å²) in [6, 6.07) is 3.96. The van der Waals surface area contributed by atoms with E-state index in [-0.39, 0.29) is 23.3 Å². The van der Waals surface area contributed by atoms with E-state index in [0.717, 1.165) is 23.0 Å². The molecule has 1 aliphatic rings. The number of hydrogen-bond donors (Lipinski definition) is 1. The standard InChI is InChI=1S/C23H37N3O3Si/c1-22(2,3)28-21(27)26-13-11-19(29-30(7,8)23(4,5)6)18(26)14-16-15-25-20-17(16)10-9-12-24-20/h9-10,12,15,18-19H,11,13-14H2,1-8H3,(H,24,25). The number of carbonyl (C=O) groups is 1. The summed E-state index contributed by atoms with van der Waals surface area (Å²) in [6.07, 6.45) is 5.08. The fraction of sp³-hybridized carbons (Fsp3) is 0.652. The number of carbonyl (C=O) groups excluding carboxylic acids is 1. The molecule has 0 aromatic carbocycles. The molecule has 166 valence electrons. The predicted octanol–water partition coefficient (Wildman–Crippen LogP) is 5.51. The van der Waals surface area contributed by atoms with Gasteiger partial charge >= 0.3 is 6.09 Å². The Morgan fingerprint density at radius 1 is 1.27 bits per heavy atom. The molecule has 3 heterocycles. The second kappa shape index (κ2) is 8.00. The number of amides is 1. The van der Waals surface area contributed by atoms with Gasteiger partial charge in [0, 0.05) is 24.3 Å². The molecule has 2 aromatic rings. The fourth-order valence-corrected chi connectivity index (χ4v) is 5.10. The highest BCUT2D eigenvalue weighted by Crippen LogP contribution is 2.40. The highest BCUT2D eigenvalue weighted by molar-refractivity contribution is 6.74. The zero-order valence-electron chi connectivity index (χ0n) is 19.7. The number of nitrogens with zero attached hydrogens (tertiary/aromatic N) is 2. The summed E-state index contributed by atoms with van der Waals surface area (Å²) >= 11 is 0. The quantitative estimate of drug-likeness (QED) is 0.649. The Kier molecular flexibility index (Phi) is 6.08. The van der Waals surface area contributed by atoms with Gasteiger partial charge in [0.05, 0.1) is 12.1 Å². The maximum atomic E-state index is 13.0. The molecule has 7 heteroatoms. The second-order valence-electron chi connectivity index (χ2n) is 10.9.